The van der Waals surface area contributed by atoms with Crippen molar-refractivity contribution in [3.8, 4) is 10.7 Å². The number of rotatable bonds is 3. The SMILES string of the molecule is COC(=O)c1nc(-c2ccc(Cl)cn2)sc1C(C)=O. The van der Waals surface area contributed by atoms with Crippen molar-refractivity contribution in [3.63, 3.8) is 0 Å². The van der Waals surface area contributed by atoms with Crippen LogP contribution in [0, 0.1) is 0 Å². The molecule has 98 valence electrons. The van der Waals surface area contributed by atoms with Crippen LogP contribution in [0.2, 0.25) is 5.02 Å². The molecule has 5 nitrogen and oxygen atoms in total. The van der Waals surface area contributed by atoms with Gasteiger partial charge < -0.3 is 4.74 Å². The third-order valence-electron chi connectivity index (χ3n) is 2.27. The standard InChI is InChI=1S/C12H9ClN2O3S/c1-6(16)10-9(12(17)18-2)15-11(19-10)8-4-3-7(13)5-14-8/h3-5H,1-2H3. The summed E-state index contributed by atoms with van der Waals surface area (Å²) >= 11 is 6.85. The first-order chi connectivity index (χ1) is 9.02. The number of nitrogens with zero attached hydrogens (tertiary/aromatic N) is 2. The molecule has 19 heavy (non-hydrogen) atoms. The zero-order chi connectivity index (χ0) is 14.0. The van der Waals surface area contributed by atoms with Gasteiger partial charge in [0.2, 0.25) is 0 Å². The Morgan fingerprint density at radius 1 is 1.37 bits per heavy atom. The van der Waals surface area contributed by atoms with Gasteiger partial charge in [0, 0.05) is 13.1 Å². The van der Waals surface area contributed by atoms with Crippen LogP contribution in [0.4, 0.5) is 0 Å². The highest BCUT2D eigenvalue weighted by Gasteiger charge is 2.22. The molecule has 0 radical (unpaired) electrons. The highest BCUT2D eigenvalue weighted by atomic mass is 35.5. The summed E-state index contributed by atoms with van der Waals surface area (Å²) < 4.78 is 4.61. The minimum Gasteiger partial charge on any atom is -0.464 e. The van der Waals surface area contributed by atoms with Crippen molar-refractivity contribution in [1.82, 2.24) is 9.97 Å². The van der Waals surface area contributed by atoms with Crippen molar-refractivity contribution in [2.75, 3.05) is 7.11 Å². The largest absolute Gasteiger partial charge is 0.464 e. The molecule has 0 N–H and O–H groups in total. The molecule has 0 spiro atoms. The predicted octanol–water partition coefficient (Wildman–Crippen LogP) is 2.85. The number of carbonyl (C=O) groups excluding carboxylic acids is 2. The molecule has 2 aromatic rings. The Labute approximate surface area is 118 Å². The summed E-state index contributed by atoms with van der Waals surface area (Å²) in [5, 5.41) is 0.975. The van der Waals surface area contributed by atoms with E-state index in [0.29, 0.717) is 15.7 Å². The molecule has 0 aliphatic carbocycles. The van der Waals surface area contributed by atoms with Crippen LogP contribution in [0.15, 0.2) is 18.3 Å². The van der Waals surface area contributed by atoms with Crippen LogP contribution in [0.3, 0.4) is 0 Å². The van der Waals surface area contributed by atoms with E-state index in [1.54, 1.807) is 12.1 Å². The number of aromatic nitrogens is 2. The Morgan fingerprint density at radius 2 is 2.11 bits per heavy atom. The summed E-state index contributed by atoms with van der Waals surface area (Å²) in [6.45, 7) is 1.37. The van der Waals surface area contributed by atoms with Crippen LogP contribution in [0.5, 0.6) is 0 Å². The first kappa shape index (κ1) is 13.6. The number of esters is 1. The van der Waals surface area contributed by atoms with Crippen LogP contribution in [-0.2, 0) is 4.74 Å². The van der Waals surface area contributed by atoms with E-state index in [2.05, 4.69) is 14.7 Å². The van der Waals surface area contributed by atoms with E-state index in [0.717, 1.165) is 11.3 Å². The van der Waals surface area contributed by atoms with Gasteiger partial charge in [-0.1, -0.05) is 11.6 Å². The van der Waals surface area contributed by atoms with Gasteiger partial charge in [0.15, 0.2) is 11.5 Å². The van der Waals surface area contributed by atoms with Crippen LogP contribution >= 0.6 is 22.9 Å². The number of Topliss-reactive ketones (excluding diaryl/α,β-unsaturated/α-hetero) is 1. The summed E-state index contributed by atoms with van der Waals surface area (Å²) in [6.07, 6.45) is 1.48. The predicted molar refractivity (Wildman–Crippen MR) is 71.7 cm³/mol. The van der Waals surface area contributed by atoms with Gasteiger partial charge in [-0.15, -0.1) is 11.3 Å². The summed E-state index contributed by atoms with van der Waals surface area (Å²) in [7, 11) is 1.24. The molecule has 0 aromatic carbocycles. The molecule has 2 aromatic heterocycles. The second-order valence-corrected chi connectivity index (χ2v) is 5.04. The van der Waals surface area contributed by atoms with Crippen LogP contribution < -0.4 is 0 Å². The molecule has 2 rings (SSSR count). The second-order valence-electron chi connectivity index (χ2n) is 3.61. The molecular weight excluding hydrogens is 288 g/mol. The lowest BCUT2D eigenvalue weighted by atomic mass is 10.3. The molecule has 0 aliphatic heterocycles. The van der Waals surface area contributed by atoms with Gasteiger partial charge in [-0.25, -0.2) is 9.78 Å². The van der Waals surface area contributed by atoms with Crippen LogP contribution in [0.25, 0.3) is 10.7 Å². The lowest BCUT2D eigenvalue weighted by molar-refractivity contribution is 0.0591. The number of carbonyl (C=O) groups is 2. The third kappa shape index (κ3) is 2.80. The minimum absolute atomic E-state index is 0.0201. The number of ketones is 1. The molecule has 0 saturated carbocycles. The Kier molecular flexibility index (Phi) is 3.92. The van der Waals surface area contributed by atoms with Crippen molar-refractivity contribution in [1.29, 1.82) is 0 Å². The zero-order valence-corrected chi connectivity index (χ0v) is 11.7. The molecule has 7 heteroatoms. The highest BCUT2D eigenvalue weighted by molar-refractivity contribution is 7.17. The Balaban J connectivity index is 2.51. The molecule has 0 saturated heterocycles. The molecule has 0 atom stereocenters. The van der Waals surface area contributed by atoms with E-state index in [-0.39, 0.29) is 16.4 Å². The normalized spacial score (nSPS) is 10.3. The van der Waals surface area contributed by atoms with Gasteiger partial charge in [0.05, 0.1) is 17.8 Å². The maximum atomic E-state index is 11.6. The Hall–Kier alpha value is -1.79. The average molecular weight is 297 g/mol. The third-order valence-corrected chi connectivity index (χ3v) is 3.67. The van der Waals surface area contributed by atoms with Crippen molar-refractivity contribution in [2.24, 2.45) is 0 Å². The number of hydrogen-bond donors (Lipinski definition) is 0. The van der Waals surface area contributed by atoms with Gasteiger partial charge in [-0.3, -0.25) is 9.78 Å². The van der Waals surface area contributed by atoms with E-state index in [1.807, 2.05) is 0 Å². The highest BCUT2D eigenvalue weighted by Crippen LogP contribution is 2.28. The molecular formula is C12H9ClN2O3S. The van der Waals surface area contributed by atoms with Crippen LogP contribution in [0.1, 0.15) is 27.1 Å². The van der Waals surface area contributed by atoms with Crippen molar-refractivity contribution >= 4 is 34.7 Å². The van der Waals surface area contributed by atoms with Crippen molar-refractivity contribution in [3.05, 3.63) is 33.9 Å². The lowest BCUT2D eigenvalue weighted by Gasteiger charge is -1.95. The van der Waals surface area contributed by atoms with E-state index in [1.165, 1.54) is 20.2 Å². The summed E-state index contributed by atoms with van der Waals surface area (Å²) in [4.78, 5) is 31.6. The quantitative estimate of drug-likeness (QED) is 0.643. The minimum atomic E-state index is -0.637. The molecule has 2 heterocycles. The maximum absolute atomic E-state index is 11.6. The van der Waals surface area contributed by atoms with Gasteiger partial charge in [-0.05, 0) is 12.1 Å². The molecule has 0 amide bonds. The van der Waals surface area contributed by atoms with Gasteiger partial charge in [0.25, 0.3) is 0 Å². The van der Waals surface area contributed by atoms with E-state index in [4.69, 9.17) is 11.6 Å². The fourth-order valence-electron chi connectivity index (χ4n) is 1.41. The van der Waals surface area contributed by atoms with E-state index >= 15 is 0 Å². The van der Waals surface area contributed by atoms with E-state index in [9.17, 15) is 9.59 Å². The molecule has 0 bridgehead atoms. The monoisotopic (exact) mass is 296 g/mol. The zero-order valence-electron chi connectivity index (χ0n) is 10.1. The Morgan fingerprint density at radius 3 is 2.63 bits per heavy atom. The van der Waals surface area contributed by atoms with Crippen LogP contribution in [-0.4, -0.2) is 28.8 Å². The number of ether oxygens (including phenoxy) is 1. The van der Waals surface area contributed by atoms with Gasteiger partial charge in [0.1, 0.15) is 9.88 Å². The smallest absolute Gasteiger partial charge is 0.358 e. The summed E-state index contributed by atoms with van der Waals surface area (Å²) in [5.41, 5.74) is 0.568. The first-order valence-electron chi connectivity index (χ1n) is 5.25. The molecule has 0 unspecified atom stereocenters. The maximum Gasteiger partial charge on any atom is 0.358 e. The van der Waals surface area contributed by atoms with Crippen molar-refractivity contribution < 1.29 is 14.3 Å². The topological polar surface area (TPSA) is 69.2 Å². The molecule has 0 aliphatic rings. The number of methoxy groups -OCH3 is 1. The van der Waals surface area contributed by atoms with Crippen molar-refractivity contribution in [2.45, 2.75) is 6.92 Å². The lowest BCUT2D eigenvalue weighted by Crippen LogP contribution is -2.06. The Bertz CT molecular complexity index is 637. The number of hydrogen-bond acceptors (Lipinski definition) is 6. The summed E-state index contributed by atoms with van der Waals surface area (Å²) in [5.74, 6) is -0.875. The first-order valence-corrected chi connectivity index (χ1v) is 6.44. The molecule has 0 fully saturated rings. The number of pyridine rings is 1. The van der Waals surface area contributed by atoms with Gasteiger partial charge >= 0.3 is 5.97 Å². The number of halogens is 1. The van der Waals surface area contributed by atoms with Gasteiger partial charge in [-0.2, -0.15) is 0 Å². The fraction of sp³-hybridized carbons (Fsp3) is 0.167. The number of thiazole rings is 1. The summed E-state index contributed by atoms with van der Waals surface area (Å²) in [6, 6.07) is 3.34. The second kappa shape index (κ2) is 5.46. The fourth-order valence-corrected chi connectivity index (χ4v) is 2.44. The van der Waals surface area contributed by atoms with E-state index < -0.39 is 5.97 Å². The average Bonchev–Trinajstić information content (AvgIpc) is 2.84.